The first-order chi connectivity index (χ1) is 11.9. The number of benzene rings is 1. The topological polar surface area (TPSA) is 53.3 Å². The third kappa shape index (κ3) is 5.14. The Kier molecular flexibility index (Phi) is 6.27. The molecule has 0 aliphatic heterocycles. The molecule has 2 rings (SSSR count). The molecule has 1 aromatic heterocycles. The molecule has 0 amide bonds. The second kappa shape index (κ2) is 8.41. The molecule has 0 fully saturated rings. The van der Waals surface area contributed by atoms with Gasteiger partial charge in [-0.1, -0.05) is 12.1 Å². The second-order valence-corrected chi connectivity index (χ2v) is 5.52. The van der Waals surface area contributed by atoms with Gasteiger partial charge >= 0.3 is 6.61 Å². The van der Waals surface area contributed by atoms with Crippen LogP contribution in [0.4, 0.5) is 8.78 Å². The highest BCUT2D eigenvalue weighted by Gasteiger charge is 2.11. The molecular formula is C18H20F2N2O3. The molecule has 0 unspecified atom stereocenters. The molecule has 0 aliphatic carbocycles. The van der Waals surface area contributed by atoms with E-state index in [0.29, 0.717) is 17.7 Å². The average molecular weight is 350 g/mol. The van der Waals surface area contributed by atoms with Crippen molar-refractivity contribution in [1.82, 2.24) is 9.78 Å². The van der Waals surface area contributed by atoms with E-state index in [1.54, 1.807) is 36.0 Å². The highest BCUT2D eigenvalue weighted by atomic mass is 19.3. The summed E-state index contributed by atoms with van der Waals surface area (Å²) in [7, 11) is 0. The normalized spacial score (nSPS) is 11.5. The minimum absolute atomic E-state index is 0.0430. The molecule has 0 N–H and O–H groups in total. The van der Waals surface area contributed by atoms with E-state index in [-0.39, 0.29) is 23.3 Å². The van der Waals surface area contributed by atoms with Gasteiger partial charge in [0.2, 0.25) is 0 Å². The molecule has 1 heterocycles. The van der Waals surface area contributed by atoms with Gasteiger partial charge in [-0.15, -0.1) is 0 Å². The van der Waals surface area contributed by atoms with Crippen molar-refractivity contribution in [2.24, 2.45) is 0 Å². The first-order valence-corrected chi connectivity index (χ1v) is 7.89. The molecule has 1 aromatic carbocycles. The molecule has 0 spiro atoms. The van der Waals surface area contributed by atoms with Gasteiger partial charge in [-0.2, -0.15) is 13.9 Å². The van der Waals surface area contributed by atoms with Crippen LogP contribution in [0.25, 0.3) is 6.08 Å². The third-order valence-corrected chi connectivity index (χ3v) is 3.33. The van der Waals surface area contributed by atoms with Crippen molar-refractivity contribution in [2.45, 2.75) is 33.4 Å². The van der Waals surface area contributed by atoms with Gasteiger partial charge in [-0.25, -0.2) is 0 Å². The molecule has 0 atom stereocenters. The minimum Gasteiger partial charge on any atom is -0.490 e. The lowest BCUT2D eigenvalue weighted by molar-refractivity contribution is -0.0514. The number of carbonyl (C=O) groups is 1. The Balaban J connectivity index is 2.16. The SMILES string of the molecule is CCOc1cc(/C=C/C(=O)c2cnn(C(C)C)c2)ccc1OC(F)F. The van der Waals surface area contributed by atoms with Gasteiger partial charge in [-0.05, 0) is 44.5 Å². The lowest BCUT2D eigenvalue weighted by atomic mass is 10.1. The van der Waals surface area contributed by atoms with Crippen LogP contribution in [-0.4, -0.2) is 28.8 Å². The van der Waals surface area contributed by atoms with Crippen molar-refractivity contribution in [2.75, 3.05) is 6.61 Å². The van der Waals surface area contributed by atoms with Crippen molar-refractivity contribution in [3.05, 3.63) is 47.8 Å². The second-order valence-electron chi connectivity index (χ2n) is 5.52. The van der Waals surface area contributed by atoms with E-state index in [1.165, 1.54) is 18.3 Å². The Morgan fingerprint density at radius 1 is 1.32 bits per heavy atom. The van der Waals surface area contributed by atoms with Crippen LogP contribution in [0.5, 0.6) is 11.5 Å². The maximum absolute atomic E-state index is 12.4. The number of carbonyl (C=O) groups excluding carboxylic acids is 1. The molecule has 25 heavy (non-hydrogen) atoms. The zero-order chi connectivity index (χ0) is 18.4. The molecule has 5 nitrogen and oxygen atoms in total. The predicted molar refractivity (Wildman–Crippen MR) is 90.2 cm³/mol. The van der Waals surface area contributed by atoms with Crippen LogP contribution in [-0.2, 0) is 0 Å². The number of alkyl halides is 2. The zero-order valence-electron chi connectivity index (χ0n) is 14.3. The number of aromatic nitrogens is 2. The Morgan fingerprint density at radius 2 is 2.08 bits per heavy atom. The molecule has 0 radical (unpaired) electrons. The van der Waals surface area contributed by atoms with E-state index in [1.807, 2.05) is 13.8 Å². The molecule has 0 saturated heterocycles. The fourth-order valence-corrected chi connectivity index (χ4v) is 2.11. The average Bonchev–Trinajstić information content (AvgIpc) is 3.05. The van der Waals surface area contributed by atoms with E-state index in [9.17, 15) is 13.6 Å². The van der Waals surface area contributed by atoms with Crippen LogP contribution >= 0.6 is 0 Å². The molecular weight excluding hydrogens is 330 g/mol. The Hall–Kier alpha value is -2.70. The number of ether oxygens (including phenoxy) is 2. The van der Waals surface area contributed by atoms with Crippen molar-refractivity contribution < 1.29 is 23.0 Å². The highest BCUT2D eigenvalue weighted by Crippen LogP contribution is 2.30. The van der Waals surface area contributed by atoms with Gasteiger partial charge in [0.1, 0.15) is 0 Å². The van der Waals surface area contributed by atoms with E-state index >= 15 is 0 Å². The molecule has 2 aromatic rings. The van der Waals surface area contributed by atoms with E-state index in [0.717, 1.165) is 0 Å². The van der Waals surface area contributed by atoms with E-state index in [2.05, 4.69) is 9.84 Å². The summed E-state index contributed by atoms with van der Waals surface area (Å²) in [5.74, 6) is -0.0404. The van der Waals surface area contributed by atoms with Crippen LogP contribution in [0.15, 0.2) is 36.7 Å². The summed E-state index contributed by atoms with van der Waals surface area (Å²) in [4.78, 5) is 12.2. The minimum atomic E-state index is -2.93. The standard InChI is InChI=1S/C18H20F2N2O3/c1-4-24-17-9-13(6-8-16(17)25-18(19)20)5-7-15(23)14-10-21-22(11-14)12(2)3/h5-12,18H,4H2,1-3H3/b7-5+. The number of allylic oxidation sites excluding steroid dienone is 1. The summed E-state index contributed by atoms with van der Waals surface area (Å²) in [6.07, 6.45) is 6.19. The number of nitrogens with zero attached hydrogens (tertiary/aromatic N) is 2. The Morgan fingerprint density at radius 3 is 2.68 bits per heavy atom. The van der Waals surface area contributed by atoms with Gasteiger partial charge in [-0.3, -0.25) is 9.48 Å². The first-order valence-electron chi connectivity index (χ1n) is 7.89. The van der Waals surface area contributed by atoms with E-state index in [4.69, 9.17) is 4.74 Å². The summed E-state index contributed by atoms with van der Waals surface area (Å²) in [5.41, 5.74) is 1.11. The third-order valence-electron chi connectivity index (χ3n) is 3.33. The number of hydrogen-bond donors (Lipinski definition) is 0. The number of hydrogen-bond acceptors (Lipinski definition) is 4. The van der Waals surface area contributed by atoms with Crippen molar-refractivity contribution in [1.29, 1.82) is 0 Å². The highest BCUT2D eigenvalue weighted by molar-refractivity contribution is 6.06. The molecule has 0 aliphatic rings. The molecule has 7 heteroatoms. The Bertz CT molecular complexity index is 755. The summed E-state index contributed by atoms with van der Waals surface area (Å²) in [6.45, 7) is 3.05. The van der Waals surface area contributed by atoms with Crippen molar-refractivity contribution in [3.63, 3.8) is 0 Å². The van der Waals surface area contributed by atoms with Gasteiger partial charge in [0, 0.05) is 12.2 Å². The van der Waals surface area contributed by atoms with Crippen LogP contribution in [0.1, 0.15) is 42.7 Å². The van der Waals surface area contributed by atoms with Crippen molar-refractivity contribution in [3.8, 4) is 11.5 Å². The molecule has 0 bridgehead atoms. The maximum Gasteiger partial charge on any atom is 0.387 e. The number of halogens is 2. The summed E-state index contributed by atoms with van der Waals surface area (Å²) in [6, 6.07) is 4.67. The van der Waals surface area contributed by atoms with Gasteiger partial charge in [0.05, 0.1) is 18.4 Å². The van der Waals surface area contributed by atoms with Crippen LogP contribution in [0.3, 0.4) is 0 Å². The quantitative estimate of drug-likeness (QED) is 0.524. The van der Waals surface area contributed by atoms with Crippen LogP contribution in [0, 0.1) is 0 Å². The summed E-state index contributed by atoms with van der Waals surface area (Å²) < 4.78 is 36.2. The number of ketones is 1. The zero-order valence-corrected chi connectivity index (χ0v) is 14.3. The van der Waals surface area contributed by atoms with E-state index < -0.39 is 6.61 Å². The first kappa shape index (κ1) is 18.6. The predicted octanol–water partition coefficient (Wildman–Crippen LogP) is 4.36. The lowest BCUT2D eigenvalue weighted by Gasteiger charge is -2.11. The van der Waals surface area contributed by atoms with Crippen LogP contribution < -0.4 is 9.47 Å². The Labute approximate surface area is 144 Å². The maximum atomic E-state index is 12.4. The fourth-order valence-electron chi connectivity index (χ4n) is 2.11. The number of rotatable bonds is 8. The van der Waals surface area contributed by atoms with Gasteiger partial charge < -0.3 is 9.47 Å². The summed E-state index contributed by atoms with van der Waals surface area (Å²) in [5, 5.41) is 4.12. The van der Waals surface area contributed by atoms with Crippen LogP contribution in [0.2, 0.25) is 0 Å². The molecule has 0 saturated carbocycles. The summed E-state index contributed by atoms with van der Waals surface area (Å²) >= 11 is 0. The fraction of sp³-hybridized carbons (Fsp3) is 0.333. The monoisotopic (exact) mass is 350 g/mol. The smallest absolute Gasteiger partial charge is 0.387 e. The largest absolute Gasteiger partial charge is 0.490 e. The van der Waals surface area contributed by atoms with Gasteiger partial charge in [0.25, 0.3) is 0 Å². The van der Waals surface area contributed by atoms with Crippen molar-refractivity contribution >= 4 is 11.9 Å². The molecule has 134 valence electrons. The van der Waals surface area contributed by atoms with Gasteiger partial charge in [0.15, 0.2) is 17.3 Å². The lowest BCUT2D eigenvalue weighted by Crippen LogP contribution is -2.04.